The first kappa shape index (κ1) is 17.3. The summed E-state index contributed by atoms with van der Waals surface area (Å²) in [7, 11) is 7.74. The van der Waals surface area contributed by atoms with Gasteiger partial charge in [0.25, 0.3) is 0 Å². The Morgan fingerprint density at radius 3 is 2.65 bits per heavy atom. The van der Waals surface area contributed by atoms with Gasteiger partial charge in [0.1, 0.15) is 5.82 Å². The quantitative estimate of drug-likeness (QED) is 0.849. The van der Waals surface area contributed by atoms with Crippen LogP contribution in [-0.2, 0) is 20.1 Å². The predicted octanol–water partition coefficient (Wildman–Crippen LogP) is 2.30. The van der Waals surface area contributed by atoms with E-state index in [0.717, 1.165) is 23.6 Å². The Labute approximate surface area is 138 Å². The fraction of sp³-hybridized carbons (Fsp3) is 0.529. The van der Waals surface area contributed by atoms with Crippen molar-refractivity contribution in [1.29, 1.82) is 0 Å². The van der Waals surface area contributed by atoms with Gasteiger partial charge in [0.05, 0.1) is 12.8 Å². The molecule has 2 aromatic rings. The maximum absolute atomic E-state index is 5.30. The van der Waals surface area contributed by atoms with E-state index in [9.17, 15) is 0 Å². The minimum Gasteiger partial charge on any atom is -0.481 e. The topological polar surface area (TPSA) is 55.2 Å². The van der Waals surface area contributed by atoms with Gasteiger partial charge in [0.2, 0.25) is 5.88 Å². The second-order valence-corrected chi connectivity index (χ2v) is 6.14. The summed E-state index contributed by atoms with van der Waals surface area (Å²) in [5.41, 5.74) is 3.44. The van der Waals surface area contributed by atoms with Crippen LogP contribution in [0.4, 0.5) is 5.82 Å². The second kappa shape index (κ2) is 7.46. The predicted molar refractivity (Wildman–Crippen MR) is 93.0 cm³/mol. The Morgan fingerprint density at radius 2 is 2.04 bits per heavy atom. The van der Waals surface area contributed by atoms with Crippen LogP contribution < -0.4 is 15.0 Å². The van der Waals surface area contributed by atoms with Gasteiger partial charge in [0.15, 0.2) is 0 Å². The molecule has 2 heterocycles. The van der Waals surface area contributed by atoms with Crippen LogP contribution in [0.15, 0.2) is 18.3 Å². The highest BCUT2D eigenvalue weighted by atomic mass is 16.5. The number of nitrogens with one attached hydrogen (secondary N) is 1. The standard InChI is InChI=1S/C17H27N5O/c1-12(2)15-14(17(21(3)4)22(5)20-15)11-18-10-13-8-7-9-19-16(13)23-6/h7-9,12,18H,10-11H2,1-6H3. The number of aromatic nitrogens is 3. The number of hydrogen-bond donors (Lipinski definition) is 1. The minimum absolute atomic E-state index is 0.389. The summed E-state index contributed by atoms with van der Waals surface area (Å²) in [5.74, 6) is 2.20. The van der Waals surface area contributed by atoms with E-state index in [1.165, 1.54) is 5.56 Å². The van der Waals surface area contributed by atoms with Crippen LogP contribution in [0.2, 0.25) is 0 Å². The monoisotopic (exact) mass is 317 g/mol. The minimum atomic E-state index is 0.389. The number of nitrogens with zero attached hydrogens (tertiary/aromatic N) is 4. The smallest absolute Gasteiger partial charge is 0.217 e. The van der Waals surface area contributed by atoms with E-state index in [2.05, 4.69) is 48.2 Å². The van der Waals surface area contributed by atoms with E-state index in [1.54, 1.807) is 13.3 Å². The molecule has 0 bridgehead atoms. The van der Waals surface area contributed by atoms with Crippen LogP contribution in [-0.4, -0.2) is 36.0 Å². The van der Waals surface area contributed by atoms with E-state index in [1.807, 2.05) is 23.9 Å². The van der Waals surface area contributed by atoms with Crippen molar-refractivity contribution in [2.75, 3.05) is 26.1 Å². The zero-order chi connectivity index (χ0) is 17.0. The molecule has 0 fully saturated rings. The molecule has 0 aliphatic carbocycles. The number of rotatable bonds is 7. The first-order valence-electron chi connectivity index (χ1n) is 7.87. The van der Waals surface area contributed by atoms with Crippen molar-refractivity contribution in [3.05, 3.63) is 35.2 Å². The molecule has 0 atom stereocenters. The van der Waals surface area contributed by atoms with Crippen molar-refractivity contribution in [3.63, 3.8) is 0 Å². The van der Waals surface area contributed by atoms with Gasteiger partial charge in [-0.05, 0) is 12.0 Å². The Bertz CT molecular complexity index is 648. The van der Waals surface area contributed by atoms with Crippen molar-refractivity contribution in [2.45, 2.75) is 32.9 Å². The number of pyridine rings is 1. The zero-order valence-corrected chi connectivity index (χ0v) is 14.9. The molecule has 0 saturated carbocycles. The van der Waals surface area contributed by atoms with Gasteiger partial charge in [-0.2, -0.15) is 5.10 Å². The fourth-order valence-electron chi connectivity index (χ4n) is 2.84. The Hall–Kier alpha value is -2.08. The Balaban J connectivity index is 2.16. The Morgan fingerprint density at radius 1 is 1.30 bits per heavy atom. The van der Waals surface area contributed by atoms with Crippen molar-refractivity contribution in [1.82, 2.24) is 20.1 Å². The summed E-state index contributed by atoms with van der Waals surface area (Å²) in [6.45, 7) is 5.81. The molecule has 0 aromatic carbocycles. The molecule has 0 aliphatic rings. The maximum atomic E-state index is 5.30. The lowest BCUT2D eigenvalue weighted by molar-refractivity contribution is 0.390. The van der Waals surface area contributed by atoms with Gasteiger partial charge >= 0.3 is 0 Å². The summed E-state index contributed by atoms with van der Waals surface area (Å²) in [5, 5.41) is 8.19. The molecule has 2 aromatic heterocycles. The number of anilines is 1. The molecule has 0 aliphatic heterocycles. The van der Waals surface area contributed by atoms with Crippen LogP contribution in [0.1, 0.15) is 36.6 Å². The first-order chi connectivity index (χ1) is 11.0. The highest BCUT2D eigenvalue weighted by molar-refractivity contribution is 5.50. The Kier molecular flexibility index (Phi) is 5.60. The maximum Gasteiger partial charge on any atom is 0.217 e. The number of hydrogen-bond acceptors (Lipinski definition) is 5. The van der Waals surface area contributed by atoms with Crippen LogP contribution in [0.3, 0.4) is 0 Å². The van der Waals surface area contributed by atoms with Crippen LogP contribution in [0.25, 0.3) is 0 Å². The molecule has 0 saturated heterocycles. The number of ether oxygens (including phenoxy) is 1. The third-order valence-electron chi connectivity index (χ3n) is 3.77. The van der Waals surface area contributed by atoms with Crippen LogP contribution in [0.5, 0.6) is 5.88 Å². The van der Waals surface area contributed by atoms with Crippen LogP contribution >= 0.6 is 0 Å². The molecule has 6 heteroatoms. The summed E-state index contributed by atoms with van der Waals surface area (Å²) >= 11 is 0. The molecule has 23 heavy (non-hydrogen) atoms. The van der Waals surface area contributed by atoms with Crippen molar-refractivity contribution < 1.29 is 4.74 Å². The third kappa shape index (κ3) is 3.82. The van der Waals surface area contributed by atoms with Gasteiger partial charge in [0, 0.05) is 51.6 Å². The molecule has 0 radical (unpaired) electrons. The number of methoxy groups -OCH3 is 1. The lowest BCUT2D eigenvalue weighted by Crippen LogP contribution is -2.19. The first-order valence-corrected chi connectivity index (χ1v) is 7.87. The normalized spacial score (nSPS) is 11.1. The summed E-state index contributed by atoms with van der Waals surface area (Å²) in [6, 6.07) is 3.95. The van der Waals surface area contributed by atoms with Crippen molar-refractivity contribution >= 4 is 5.82 Å². The molecular formula is C17H27N5O. The summed E-state index contributed by atoms with van der Waals surface area (Å²) in [4.78, 5) is 6.34. The second-order valence-electron chi connectivity index (χ2n) is 6.14. The van der Waals surface area contributed by atoms with Gasteiger partial charge in [-0.1, -0.05) is 19.9 Å². The molecule has 2 rings (SSSR count). The van der Waals surface area contributed by atoms with E-state index < -0.39 is 0 Å². The molecule has 0 spiro atoms. The summed E-state index contributed by atoms with van der Waals surface area (Å²) in [6.07, 6.45) is 1.74. The fourth-order valence-corrected chi connectivity index (χ4v) is 2.84. The SMILES string of the molecule is COc1ncccc1CNCc1c(C(C)C)nn(C)c1N(C)C. The molecule has 1 N–H and O–H groups in total. The largest absolute Gasteiger partial charge is 0.481 e. The average Bonchev–Trinajstić information content (AvgIpc) is 2.84. The van der Waals surface area contributed by atoms with E-state index in [0.29, 0.717) is 18.3 Å². The van der Waals surface area contributed by atoms with E-state index in [-0.39, 0.29) is 0 Å². The summed E-state index contributed by atoms with van der Waals surface area (Å²) < 4.78 is 7.26. The highest BCUT2D eigenvalue weighted by Gasteiger charge is 2.19. The average molecular weight is 317 g/mol. The number of aryl methyl sites for hydroxylation is 1. The van der Waals surface area contributed by atoms with E-state index in [4.69, 9.17) is 4.74 Å². The van der Waals surface area contributed by atoms with Crippen molar-refractivity contribution in [3.8, 4) is 5.88 Å². The molecule has 0 amide bonds. The molecule has 0 unspecified atom stereocenters. The molecular weight excluding hydrogens is 290 g/mol. The van der Waals surface area contributed by atoms with Gasteiger partial charge in [-0.25, -0.2) is 4.98 Å². The molecule has 6 nitrogen and oxygen atoms in total. The van der Waals surface area contributed by atoms with Crippen molar-refractivity contribution in [2.24, 2.45) is 7.05 Å². The van der Waals surface area contributed by atoms with E-state index >= 15 is 0 Å². The highest BCUT2D eigenvalue weighted by Crippen LogP contribution is 2.27. The lowest BCUT2D eigenvalue weighted by Gasteiger charge is -2.16. The zero-order valence-electron chi connectivity index (χ0n) is 14.9. The van der Waals surface area contributed by atoms with Gasteiger partial charge < -0.3 is 15.0 Å². The molecule has 126 valence electrons. The lowest BCUT2D eigenvalue weighted by atomic mass is 10.1. The van der Waals surface area contributed by atoms with Gasteiger partial charge in [-0.15, -0.1) is 0 Å². The van der Waals surface area contributed by atoms with Crippen LogP contribution in [0, 0.1) is 0 Å². The van der Waals surface area contributed by atoms with Gasteiger partial charge in [-0.3, -0.25) is 4.68 Å². The third-order valence-corrected chi connectivity index (χ3v) is 3.77.